The van der Waals surface area contributed by atoms with Gasteiger partial charge in [-0.15, -0.1) is 0 Å². The Balaban J connectivity index is 1.31. The Morgan fingerprint density at radius 3 is 2.70 bits per heavy atom. The fraction of sp³-hybridized carbons (Fsp3) is 0.348. The number of aryl methyl sites for hydroxylation is 1. The van der Waals surface area contributed by atoms with Gasteiger partial charge < -0.3 is 0 Å². The van der Waals surface area contributed by atoms with Crippen LogP contribution < -0.4 is 0 Å². The number of rotatable bonds is 2. The molecule has 3 unspecified atom stereocenters. The molecule has 2 aromatic heterocycles. The smallest absolute Gasteiger partial charge is 0.115 e. The van der Waals surface area contributed by atoms with Gasteiger partial charge in [0.25, 0.3) is 0 Å². The van der Waals surface area contributed by atoms with Crippen molar-refractivity contribution in [2.75, 3.05) is 0 Å². The Morgan fingerprint density at radius 1 is 1.00 bits per heavy atom. The second kappa shape index (κ2) is 7.00. The molecule has 0 amide bonds. The van der Waals surface area contributed by atoms with E-state index >= 15 is 0 Å². The number of nitrogens with zero attached hydrogens (tertiary/aromatic N) is 4. The first kappa shape index (κ1) is 16.3. The van der Waals surface area contributed by atoms with Crippen LogP contribution in [0.4, 0.5) is 0 Å². The van der Waals surface area contributed by atoms with E-state index in [9.17, 15) is 0 Å². The van der Waals surface area contributed by atoms with Crippen molar-refractivity contribution in [2.24, 2.45) is 5.92 Å². The highest BCUT2D eigenvalue weighted by Crippen LogP contribution is 2.40. The monoisotopic (exact) mass is 354 g/mol. The average molecular weight is 354 g/mol. The van der Waals surface area contributed by atoms with Gasteiger partial charge in [0.05, 0.1) is 17.3 Å². The summed E-state index contributed by atoms with van der Waals surface area (Å²) in [6, 6.07) is 11.3. The first-order valence-electron chi connectivity index (χ1n) is 9.76. The molecule has 3 atom stereocenters. The van der Waals surface area contributed by atoms with E-state index in [0.29, 0.717) is 17.9 Å². The van der Waals surface area contributed by atoms with Crippen LogP contribution in [0.3, 0.4) is 0 Å². The maximum atomic E-state index is 5.03. The summed E-state index contributed by atoms with van der Waals surface area (Å²) in [6.45, 7) is 0. The molecule has 2 heterocycles. The highest BCUT2D eigenvalue weighted by molar-refractivity contribution is 5.37. The van der Waals surface area contributed by atoms with Crippen molar-refractivity contribution in [3.8, 4) is 11.8 Å². The summed E-state index contributed by atoms with van der Waals surface area (Å²) in [5.41, 5.74) is 5.00. The summed E-state index contributed by atoms with van der Waals surface area (Å²) in [5, 5.41) is 5.03. The zero-order valence-electron chi connectivity index (χ0n) is 15.3. The van der Waals surface area contributed by atoms with Gasteiger partial charge in [-0.2, -0.15) is 5.10 Å². The third kappa shape index (κ3) is 3.26. The fourth-order valence-corrected chi connectivity index (χ4v) is 4.44. The molecule has 0 spiro atoms. The Bertz CT molecular complexity index is 981. The molecule has 1 fully saturated rings. The van der Waals surface area contributed by atoms with E-state index in [1.54, 1.807) is 12.4 Å². The number of hydrogen-bond donors (Lipinski definition) is 0. The summed E-state index contributed by atoms with van der Waals surface area (Å²) >= 11 is 0. The Hall–Kier alpha value is -2.93. The van der Waals surface area contributed by atoms with Gasteiger partial charge in [-0.1, -0.05) is 42.2 Å². The van der Waals surface area contributed by atoms with Gasteiger partial charge in [0.15, 0.2) is 0 Å². The molecule has 0 N–H and O–H groups in total. The molecular formula is C23H22N4. The topological polar surface area (TPSA) is 43.6 Å². The predicted molar refractivity (Wildman–Crippen MR) is 104 cm³/mol. The molecule has 4 heteroatoms. The van der Waals surface area contributed by atoms with Gasteiger partial charge in [-0.05, 0) is 43.2 Å². The average Bonchev–Trinajstić information content (AvgIpc) is 3.43. The molecule has 5 rings (SSSR count). The number of aromatic nitrogens is 4. The van der Waals surface area contributed by atoms with Gasteiger partial charge in [0.2, 0.25) is 0 Å². The summed E-state index contributed by atoms with van der Waals surface area (Å²) < 4.78 is 2.23. The molecule has 0 radical (unpaired) electrons. The molecule has 2 aliphatic rings. The van der Waals surface area contributed by atoms with Crippen molar-refractivity contribution in [3.05, 3.63) is 77.6 Å². The van der Waals surface area contributed by atoms with Gasteiger partial charge in [-0.3, -0.25) is 4.68 Å². The lowest BCUT2D eigenvalue weighted by atomic mass is 9.97. The molecule has 1 saturated carbocycles. The first-order chi connectivity index (χ1) is 13.4. The minimum atomic E-state index is 0.430. The predicted octanol–water partition coefficient (Wildman–Crippen LogP) is 4.14. The summed E-state index contributed by atoms with van der Waals surface area (Å²) in [6.07, 6.45) is 13.1. The zero-order valence-corrected chi connectivity index (χ0v) is 15.3. The molecule has 0 saturated heterocycles. The van der Waals surface area contributed by atoms with Crippen LogP contribution in [0.2, 0.25) is 0 Å². The number of benzene rings is 1. The second-order valence-corrected chi connectivity index (χ2v) is 7.58. The lowest BCUT2D eigenvalue weighted by Gasteiger charge is -2.13. The fourth-order valence-electron chi connectivity index (χ4n) is 4.44. The van der Waals surface area contributed by atoms with E-state index in [-0.39, 0.29) is 0 Å². The van der Waals surface area contributed by atoms with E-state index in [4.69, 9.17) is 5.10 Å². The van der Waals surface area contributed by atoms with E-state index in [1.165, 1.54) is 29.6 Å². The summed E-state index contributed by atoms with van der Waals surface area (Å²) in [4.78, 5) is 8.05. The molecule has 27 heavy (non-hydrogen) atoms. The van der Waals surface area contributed by atoms with Crippen LogP contribution in [0.1, 0.15) is 60.0 Å². The van der Waals surface area contributed by atoms with Gasteiger partial charge in [-0.25, -0.2) is 9.97 Å². The number of hydrogen-bond acceptors (Lipinski definition) is 3. The normalized spacial score (nSPS) is 23.6. The number of fused-ring (bicyclic) bond motifs is 1. The van der Waals surface area contributed by atoms with Crippen molar-refractivity contribution in [3.63, 3.8) is 0 Å². The molecule has 4 nitrogen and oxygen atoms in total. The highest BCUT2D eigenvalue weighted by Gasteiger charge is 2.31. The standard InChI is InChI=1S/C23H22N4/c1-2-4-19(5-3-1)22-11-9-20-15-27(26-23(20)22)21-10-8-17(12-21)6-7-18-13-24-16-25-14-18/h1-5,13-17,21-22H,8-12H2. The third-order valence-corrected chi connectivity index (χ3v) is 5.83. The molecule has 1 aromatic carbocycles. The quantitative estimate of drug-likeness (QED) is 0.650. The van der Waals surface area contributed by atoms with Gasteiger partial charge >= 0.3 is 0 Å². The Kier molecular flexibility index (Phi) is 4.21. The molecule has 2 aliphatic carbocycles. The van der Waals surface area contributed by atoms with Crippen molar-refractivity contribution in [1.82, 2.24) is 19.7 Å². The van der Waals surface area contributed by atoms with E-state index in [2.05, 4.69) is 63.0 Å². The largest absolute Gasteiger partial charge is 0.269 e. The summed E-state index contributed by atoms with van der Waals surface area (Å²) in [7, 11) is 0. The SMILES string of the molecule is C(#CC1CCC(n2cc3c(n2)C(c2ccccc2)CC3)C1)c1cncnc1. The van der Waals surface area contributed by atoms with Crippen LogP contribution in [-0.4, -0.2) is 19.7 Å². The minimum Gasteiger partial charge on any atom is -0.269 e. The van der Waals surface area contributed by atoms with Crippen molar-refractivity contribution in [2.45, 2.75) is 44.1 Å². The van der Waals surface area contributed by atoms with Crippen LogP contribution in [-0.2, 0) is 6.42 Å². The van der Waals surface area contributed by atoms with Crippen LogP contribution in [0.25, 0.3) is 0 Å². The molecule has 134 valence electrons. The zero-order chi connectivity index (χ0) is 18.1. The van der Waals surface area contributed by atoms with Crippen molar-refractivity contribution in [1.29, 1.82) is 0 Å². The highest BCUT2D eigenvalue weighted by atomic mass is 15.3. The van der Waals surface area contributed by atoms with Crippen LogP contribution >= 0.6 is 0 Å². The van der Waals surface area contributed by atoms with Crippen LogP contribution in [0.15, 0.2) is 55.2 Å². The molecular weight excluding hydrogens is 332 g/mol. The molecule has 0 bridgehead atoms. The van der Waals surface area contributed by atoms with Crippen molar-refractivity contribution >= 4 is 0 Å². The first-order valence-corrected chi connectivity index (χ1v) is 9.76. The van der Waals surface area contributed by atoms with Gasteiger partial charge in [0, 0.05) is 30.4 Å². The van der Waals surface area contributed by atoms with Crippen molar-refractivity contribution < 1.29 is 0 Å². The van der Waals surface area contributed by atoms with Crippen LogP contribution in [0, 0.1) is 17.8 Å². The minimum absolute atomic E-state index is 0.430. The third-order valence-electron chi connectivity index (χ3n) is 5.83. The maximum absolute atomic E-state index is 5.03. The second-order valence-electron chi connectivity index (χ2n) is 7.58. The Morgan fingerprint density at radius 2 is 1.85 bits per heavy atom. The van der Waals surface area contributed by atoms with E-state index in [0.717, 1.165) is 31.2 Å². The molecule has 0 aliphatic heterocycles. The summed E-state index contributed by atoms with van der Waals surface area (Å²) in [5.74, 6) is 7.52. The van der Waals surface area contributed by atoms with E-state index in [1.807, 2.05) is 0 Å². The maximum Gasteiger partial charge on any atom is 0.115 e. The lowest BCUT2D eigenvalue weighted by molar-refractivity contribution is 0.451. The van der Waals surface area contributed by atoms with Crippen LogP contribution in [0.5, 0.6) is 0 Å². The molecule has 3 aromatic rings. The van der Waals surface area contributed by atoms with Gasteiger partial charge in [0.1, 0.15) is 6.33 Å². The Labute approximate surface area is 159 Å². The lowest BCUT2D eigenvalue weighted by Crippen LogP contribution is -2.08. The van der Waals surface area contributed by atoms with E-state index < -0.39 is 0 Å².